The highest BCUT2D eigenvalue weighted by molar-refractivity contribution is 7.10. The molecule has 0 saturated carbocycles. The molecule has 0 unspecified atom stereocenters. The monoisotopic (exact) mass is 279 g/mol. The van der Waals surface area contributed by atoms with Gasteiger partial charge in [-0.25, -0.2) is 0 Å². The fraction of sp³-hybridized carbons (Fsp3) is 0.533. The zero-order chi connectivity index (χ0) is 14.3. The van der Waals surface area contributed by atoms with Crippen molar-refractivity contribution >= 4 is 17.2 Å². The Labute approximate surface area is 119 Å². The van der Waals surface area contributed by atoms with Crippen molar-refractivity contribution in [3.05, 3.63) is 21.9 Å². The summed E-state index contributed by atoms with van der Waals surface area (Å²) < 4.78 is 0. The smallest absolute Gasteiger partial charge is 0.254 e. The Morgan fingerprint density at radius 3 is 2.74 bits per heavy atom. The van der Waals surface area contributed by atoms with Gasteiger partial charge in [-0.3, -0.25) is 4.79 Å². The van der Waals surface area contributed by atoms with Gasteiger partial charge >= 0.3 is 0 Å². The van der Waals surface area contributed by atoms with Crippen LogP contribution in [0.15, 0.2) is 11.4 Å². The van der Waals surface area contributed by atoms with E-state index < -0.39 is 0 Å². The van der Waals surface area contributed by atoms with Crippen LogP contribution >= 0.6 is 11.3 Å². The van der Waals surface area contributed by atoms with Crippen LogP contribution in [0, 0.1) is 11.8 Å². The van der Waals surface area contributed by atoms with Crippen molar-refractivity contribution < 1.29 is 9.90 Å². The summed E-state index contributed by atoms with van der Waals surface area (Å²) in [5, 5.41) is 10.5. The molecule has 3 nitrogen and oxygen atoms in total. The summed E-state index contributed by atoms with van der Waals surface area (Å²) >= 11 is 1.47. The summed E-state index contributed by atoms with van der Waals surface area (Å²) in [5.74, 6) is 5.87. The zero-order valence-corrected chi connectivity index (χ0v) is 12.6. The summed E-state index contributed by atoms with van der Waals surface area (Å²) in [7, 11) is 1.86. The first kappa shape index (κ1) is 15.7. The molecule has 1 N–H and O–H groups in total. The van der Waals surface area contributed by atoms with Gasteiger partial charge in [-0.05, 0) is 18.9 Å². The molecule has 104 valence electrons. The van der Waals surface area contributed by atoms with Crippen molar-refractivity contribution in [2.24, 2.45) is 0 Å². The van der Waals surface area contributed by atoms with Crippen LogP contribution in [0.2, 0.25) is 0 Å². The predicted octanol–water partition coefficient (Wildman–Crippen LogP) is 2.74. The van der Waals surface area contributed by atoms with Gasteiger partial charge in [-0.2, -0.15) is 0 Å². The second kappa shape index (κ2) is 7.98. The number of hydrogen-bond donors (Lipinski definition) is 1. The lowest BCUT2D eigenvalue weighted by molar-refractivity contribution is 0.0724. The van der Waals surface area contributed by atoms with Crippen molar-refractivity contribution in [1.82, 2.24) is 4.90 Å². The minimum Gasteiger partial charge on any atom is -0.395 e. The first-order chi connectivity index (χ1) is 9.13. The molecule has 0 radical (unpaired) electrons. The molecule has 0 atom stereocenters. The molecule has 1 rings (SSSR count). The highest BCUT2D eigenvalue weighted by Crippen LogP contribution is 2.17. The second-order valence-electron chi connectivity index (χ2n) is 4.36. The van der Waals surface area contributed by atoms with E-state index in [9.17, 15) is 4.79 Å². The van der Waals surface area contributed by atoms with Gasteiger partial charge in [0, 0.05) is 24.9 Å². The van der Waals surface area contributed by atoms with Crippen molar-refractivity contribution in [1.29, 1.82) is 0 Å². The highest BCUT2D eigenvalue weighted by atomic mass is 32.1. The number of amides is 1. The van der Waals surface area contributed by atoms with E-state index in [2.05, 4.69) is 25.7 Å². The Hall–Kier alpha value is -1.31. The molecule has 1 aromatic heterocycles. The van der Waals surface area contributed by atoms with E-state index in [-0.39, 0.29) is 18.6 Å². The average molecular weight is 279 g/mol. The Balaban J connectivity index is 2.76. The van der Waals surface area contributed by atoms with Crippen molar-refractivity contribution in [2.75, 3.05) is 13.7 Å². The highest BCUT2D eigenvalue weighted by Gasteiger charge is 2.19. The Kier molecular flexibility index (Phi) is 6.61. The Bertz CT molecular complexity index is 466. The van der Waals surface area contributed by atoms with Crippen molar-refractivity contribution in [2.45, 2.75) is 39.2 Å². The van der Waals surface area contributed by atoms with E-state index in [0.717, 1.165) is 17.7 Å². The molecule has 0 aliphatic heterocycles. The number of thiophene rings is 1. The number of nitrogens with zero attached hydrogens (tertiary/aromatic N) is 1. The van der Waals surface area contributed by atoms with Gasteiger partial charge in [0.25, 0.3) is 5.91 Å². The molecule has 0 fully saturated rings. The van der Waals surface area contributed by atoms with Crippen LogP contribution in [0.1, 0.15) is 48.3 Å². The molecule has 1 heterocycles. The topological polar surface area (TPSA) is 40.5 Å². The molecular weight excluding hydrogens is 258 g/mol. The van der Waals surface area contributed by atoms with Gasteiger partial charge in [0.2, 0.25) is 0 Å². The maximum Gasteiger partial charge on any atom is 0.254 e. The van der Waals surface area contributed by atoms with E-state index >= 15 is 0 Å². The predicted molar refractivity (Wildman–Crippen MR) is 79.4 cm³/mol. The van der Waals surface area contributed by atoms with E-state index in [1.54, 1.807) is 0 Å². The van der Waals surface area contributed by atoms with Crippen LogP contribution in [-0.4, -0.2) is 35.6 Å². The third-order valence-electron chi connectivity index (χ3n) is 3.11. The van der Waals surface area contributed by atoms with E-state index in [1.807, 2.05) is 23.4 Å². The Morgan fingerprint density at radius 1 is 1.47 bits per heavy atom. The second-order valence-corrected chi connectivity index (χ2v) is 5.27. The summed E-state index contributed by atoms with van der Waals surface area (Å²) in [6.07, 6.45) is 2.40. The van der Waals surface area contributed by atoms with Gasteiger partial charge in [-0.15, -0.1) is 11.3 Å². The largest absolute Gasteiger partial charge is 0.395 e. The van der Waals surface area contributed by atoms with Crippen LogP contribution in [0.3, 0.4) is 0 Å². The number of aliphatic hydroxyl groups is 1. The van der Waals surface area contributed by atoms with Crippen LogP contribution in [-0.2, 0) is 0 Å². The first-order valence-corrected chi connectivity index (χ1v) is 7.47. The van der Waals surface area contributed by atoms with Gasteiger partial charge < -0.3 is 10.0 Å². The number of aliphatic hydroxyl groups excluding tert-OH is 1. The fourth-order valence-corrected chi connectivity index (χ4v) is 2.67. The molecule has 0 spiro atoms. The van der Waals surface area contributed by atoms with Crippen molar-refractivity contribution in [3.63, 3.8) is 0 Å². The lowest BCUT2D eigenvalue weighted by Crippen LogP contribution is -2.36. The fourth-order valence-electron chi connectivity index (χ4n) is 1.93. The summed E-state index contributed by atoms with van der Waals surface area (Å²) in [4.78, 5) is 15.0. The zero-order valence-electron chi connectivity index (χ0n) is 11.8. The lowest BCUT2D eigenvalue weighted by atomic mass is 10.1. The normalized spacial score (nSPS) is 10.2. The van der Waals surface area contributed by atoms with Crippen LogP contribution in [0.4, 0.5) is 0 Å². The van der Waals surface area contributed by atoms with Crippen LogP contribution < -0.4 is 0 Å². The molecular formula is C15H21NO2S. The summed E-state index contributed by atoms with van der Waals surface area (Å²) in [5.41, 5.74) is 0.702. The van der Waals surface area contributed by atoms with Crippen LogP contribution in [0.25, 0.3) is 0 Å². The Morgan fingerprint density at radius 2 is 2.16 bits per heavy atom. The molecule has 0 aliphatic carbocycles. The molecule has 0 bridgehead atoms. The maximum atomic E-state index is 12.3. The maximum absolute atomic E-state index is 12.3. The minimum atomic E-state index is 0.0557. The number of carbonyl (C=O) groups is 1. The van der Waals surface area contributed by atoms with Crippen LogP contribution in [0.5, 0.6) is 0 Å². The lowest BCUT2D eigenvalue weighted by Gasteiger charge is -2.25. The third-order valence-corrected chi connectivity index (χ3v) is 3.95. The first-order valence-electron chi connectivity index (χ1n) is 6.59. The minimum absolute atomic E-state index is 0.0557. The third kappa shape index (κ3) is 4.38. The number of carbonyl (C=O) groups excluding carboxylic acids is 1. The molecule has 0 aliphatic rings. The van der Waals surface area contributed by atoms with Crippen molar-refractivity contribution in [3.8, 4) is 11.8 Å². The summed E-state index contributed by atoms with van der Waals surface area (Å²) in [6, 6.07) is 2.12. The number of rotatable bonds is 5. The van der Waals surface area contributed by atoms with E-state index in [4.69, 9.17) is 5.11 Å². The van der Waals surface area contributed by atoms with Gasteiger partial charge in [-0.1, -0.05) is 25.7 Å². The van der Waals surface area contributed by atoms with E-state index in [0.29, 0.717) is 12.0 Å². The quantitative estimate of drug-likeness (QED) is 0.842. The molecule has 1 aromatic rings. The van der Waals surface area contributed by atoms with Gasteiger partial charge in [0.1, 0.15) is 0 Å². The summed E-state index contributed by atoms with van der Waals surface area (Å²) in [6.45, 7) is 4.26. The standard InChI is InChI=1S/C15H21NO2S/c1-4-13(5-2)16(3)15(18)12-10-14(19-11-12)8-6-7-9-17/h10-11,13,17H,4-5,7,9H2,1-3H3. The molecule has 1 amide bonds. The SMILES string of the molecule is CCC(CC)N(C)C(=O)c1csc(C#CCCO)c1. The molecule has 19 heavy (non-hydrogen) atoms. The molecule has 0 aromatic carbocycles. The van der Waals surface area contributed by atoms with E-state index in [1.165, 1.54) is 11.3 Å². The van der Waals surface area contributed by atoms with Gasteiger partial charge in [0.15, 0.2) is 0 Å². The molecule has 4 heteroatoms. The number of hydrogen-bond acceptors (Lipinski definition) is 3. The van der Waals surface area contributed by atoms with Gasteiger partial charge in [0.05, 0.1) is 17.0 Å². The molecule has 0 saturated heterocycles. The average Bonchev–Trinajstić information content (AvgIpc) is 2.88.